The second-order valence-corrected chi connectivity index (χ2v) is 5.94. The van der Waals surface area contributed by atoms with E-state index in [1.165, 1.54) is 71.0 Å². The molecule has 0 unspecified atom stereocenters. The van der Waals surface area contributed by atoms with Crippen LogP contribution in [0.25, 0.3) is 0 Å². The Morgan fingerprint density at radius 3 is 1.83 bits per heavy atom. The molecule has 0 aliphatic rings. The van der Waals surface area contributed by atoms with E-state index >= 15 is 0 Å². The molecular formula is C21H36O2. The summed E-state index contributed by atoms with van der Waals surface area (Å²) in [6, 6.07) is 0. The first-order valence-corrected chi connectivity index (χ1v) is 9.35. The highest BCUT2D eigenvalue weighted by atomic mass is 16.5. The Kier molecular flexibility index (Phi) is 17.7. The molecule has 23 heavy (non-hydrogen) atoms. The van der Waals surface area contributed by atoms with Crippen LogP contribution in [0.3, 0.4) is 0 Å². The second kappa shape index (κ2) is 18.7. The Morgan fingerprint density at radius 1 is 0.739 bits per heavy atom. The fourth-order valence-corrected chi connectivity index (χ4v) is 2.32. The summed E-state index contributed by atoms with van der Waals surface area (Å²) in [6.07, 6.45) is 27.4. The van der Waals surface area contributed by atoms with Crippen molar-refractivity contribution in [2.75, 3.05) is 7.11 Å². The largest absolute Gasteiger partial charge is 0.466 e. The molecule has 0 N–H and O–H groups in total. The van der Waals surface area contributed by atoms with Crippen molar-refractivity contribution in [2.45, 2.75) is 84.0 Å². The minimum atomic E-state index is -0.257. The summed E-state index contributed by atoms with van der Waals surface area (Å²) in [7, 11) is 1.41. The third-order valence-electron chi connectivity index (χ3n) is 3.78. The smallest absolute Gasteiger partial charge is 0.330 e. The molecule has 0 fully saturated rings. The third-order valence-corrected chi connectivity index (χ3v) is 3.78. The normalized spacial score (nSPS) is 11.9. The number of hydrogen-bond acceptors (Lipinski definition) is 2. The molecule has 2 heteroatoms. The number of allylic oxidation sites excluding steroid dienone is 5. The van der Waals surface area contributed by atoms with Crippen LogP contribution in [-0.4, -0.2) is 13.1 Å². The van der Waals surface area contributed by atoms with Gasteiger partial charge in [0.05, 0.1) is 7.11 Å². The Morgan fingerprint density at radius 2 is 1.26 bits per heavy atom. The highest BCUT2D eigenvalue weighted by molar-refractivity contribution is 5.81. The molecule has 0 heterocycles. The zero-order valence-corrected chi connectivity index (χ0v) is 15.3. The number of esters is 1. The van der Waals surface area contributed by atoms with E-state index in [-0.39, 0.29) is 5.97 Å². The van der Waals surface area contributed by atoms with E-state index in [0.717, 1.165) is 19.3 Å². The van der Waals surface area contributed by atoms with Crippen molar-refractivity contribution in [2.24, 2.45) is 0 Å². The first-order valence-electron chi connectivity index (χ1n) is 9.35. The summed E-state index contributed by atoms with van der Waals surface area (Å²) < 4.78 is 4.54. The molecule has 0 atom stereocenters. The summed E-state index contributed by atoms with van der Waals surface area (Å²) in [5, 5.41) is 0. The third kappa shape index (κ3) is 18.6. The van der Waals surface area contributed by atoms with Gasteiger partial charge in [0.25, 0.3) is 0 Å². The molecule has 0 radical (unpaired) electrons. The van der Waals surface area contributed by atoms with Crippen LogP contribution in [0.1, 0.15) is 84.0 Å². The van der Waals surface area contributed by atoms with Crippen molar-refractivity contribution in [3.63, 3.8) is 0 Å². The van der Waals surface area contributed by atoms with Crippen LogP contribution in [-0.2, 0) is 9.53 Å². The van der Waals surface area contributed by atoms with Crippen LogP contribution in [0.15, 0.2) is 36.5 Å². The molecule has 0 saturated heterocycles. The molecule has 0 saturated carbocycles. The molecule has 0 aliphatic heterocycles. The predicted molar refractivity (Wildman–Crippen MR) is 101 cm³/mol. The van der Waals surface area contributed by atoms with Crippen molar-refractivity contribution < 1.29 is 9.53 Å². The lowest BCUT2D eigenvalue weighted by Gasteiger charge is -1.98. The Bertz CT molecular complexity index is 340. The van der Waals surface area contributed by atoms with Crippen molar-refractivity contribution in [3.8, 4) is 0 Å². The van der Waals surface area contributed by atoms with Gasteiger partial charge in [-0.1, -0.05) is 69.4 Å². The summed E-state index contributed by atoms with van der Waals surface area (Å²) in [4.78, 5) is 10.9. The first-order chi connectivity index (χ1) is 11.3. The second-order valence-electron chi connectivity index (χ2n) is 5.94. The maximum atomic E-state index is 10.9. The maximum Gasteiger partial charge on any atom is 0.330 e. The van der Waals surface area contributed by atoms with Gasteiger partial charge >= 0.3 is 5.97 Å². The van der Waals surface area contributed by atoms with Gasteiger partial charge in [0.15, 0.2) is 0 Å². The van der Waals surface area contributed by atoms with Crippen LogP contribution >= 0.6 is 0 Å². The van der Waals surface area contributed by atoms with Gasteiger partial charge in [0.1, 0.15) is 0 Å². The molecule has 0 bridgehead atoms. The molecule has 2 nitrogen and oxygen atoms in total. The minimum Gasteiger partial charge on any atom is -0.466 e. The fourth-order valence-electron chi connectivity index (χ4n) is 2.32. The van der Waals surface area contributed by atoms with Gasteiger partial charge in [-0.15, -0.1) is 0 Å². The fraction of sp³-hybridized carbons (Fsp3) is 0.667. The van der Waals surface area contributed by atoms with E-state index in [4.69, 9.17) is 0 Å². The van der Waals surface area contributed by atoms with Gasteiger partial charge in [-0.05, 0) is 44.9 Å². The molecule has 0 aromatic heterocycles. The molecule has 0 aromatic rings. The molecule has 0 aromatic carbocycles. The predicted octanol–water partition coefficient (Wildman–Crippen LogP) is 6.53. The number of carbonyl (C=O) groups is 1. The van der Waals surface area contributed by atoms with E-state index in [1.54, 1.807) is 0 Å². The van der Waals surface area contributed by atoms with Crippen molar-refractivity contribution >= 4 is 5.97 Å². The lowest BCUT2D eigenvalue weighted by Crippen LogP contribution is -1.93. The average Bonchev–Trinajstić information content (AvgIpc) is 2.57. The van der Waals surface area contributed by atoms with Gasteiger partial charge in [-0.3, -0.25) is 0 Å². The lowest BCUT2D eigenvalue weighted by molar-refractivity contribution is -0.134. The molecule has 132 valence electrons. The molecule has 0 aliphatic carbocycles. The quantitative estimate of drug-likeness (QED) is 0.148. The average molecular weight is 321 g/mol. The number of hydrogen-bond donors (Lipinski definition) is 0. The lowest BCUT2D eigenvalue weighted by atomic mass is 10.1. The van der Waals surface area contributed by atoms with Crippen LogP contribution in [0.4, 0.5) is 0 Å². The van der Waals surface area contributed by atoms with Gasteiger partial charge in [-0.25, -0.2) is 4.79 Å². The van der Waals surface area contributed by atoms with Crippen LogP contribution in [0.5, 0.6) is 0 Å². The number of rotatable bonds is 15. The summed E-state index contributed by atoms with van der Waals surface area (Å²) in [5.74, 6) is -0.257. The van der Waals surface area contributed by atoms with E-state index in [9.17, 15) is 4.79 Å². The van der Waals surface area contributed by atoms with E-state index in [1.807, 2.05) is 6.08 Å². The van der Waals surface area contributed by atoms with Crippen LogP contribution < -0.4 is 0 Å². The van der Waals surface area contributed by atoms with Crippen molar-refractivity contribution in [1.82, 2.24) is 0 Å². The van der Waals surface area contributed by atoms with Crippen LogP contribution in [0, 0.1) is 0 Å². The zero-order valence-electron chi connectivity index (χ0n) is 15.3. The minimum absolute atomic E-state index is 0.257. The first kappa shape index (κ1) is 21.7. The van der Waals surface area contributed by atoms with E-state index in [2.05, 4.69) is 36.0 Å². The van der Waals surface area contributed by atoms with Gasteiger partial charge in [-0.2, -0.15) is 0 Å². The highest BCUT2D eigenvalue weighted by Crippen LogP contribution is 2.08. The maximum absolute atomic E-state index is 10.9. The Hall–Kier alpha value is -1.31. The van der Waals surface area contributed by atoms with Gasteiger partial charge in [0.2, 0.25) is 0 Å². The monoisotopic (exact) mass is 320 g/mol. The highest BCUT2D eigenvalue weighted by Gasteiger charge is 1.91. The topological polar surface area (TPSA) is 26.3 Å². The van der Waals surface area contributed by atoms with Gasteiger partial charge in [0, 0.05) is 6.08 Å². The SMILES string of the molecule is CCCCCC=CCC=CCCCCCCCC=CC(=O)OC. The molecule has 0 amide bonds. The molecular weight excluding hydrogens is 284 g/mol. The summed E-state index contributed by atoms with van der Waals surface area (Å²) >= 11 is 0. The number of unbranched alkanes of at least 4 members (excludes halogenated alkanes) is 9. The number of ether oxygens (including phenoxy) is 1. The summed E-state index contributed by atoms with van der Waals surface area (Å²) in [6.45, 7) is 2.24. The standard InChI is InChI=1S/C21H36O2/c1-3-4-5-6-7-8-9-10-11-12-13-14-15-16-17-18-19-20-21(22)23-2/h7-8,10-11,19-20H,3-6,9,12-18H2,1-2H3. The molecule has 0 spiro atoms. The Balaban J connectivity index is 3.25. The van der Waals surface area contributed by atoms with Crippen molar-refractivity contribution in [3.05, 3.63) is 36.5 Å². The number of carbonyl (C=O) groups excluding carboxylic acids is 1. The van der Waals surface area contributed by atoms with Crippen molar-refractivity contribution in [1.29, 1.82) is 0 Å². The van der Waals surface area contributed by atoms with Crippen LogP contribution in [0.2, 0.25) is 0 Å². The number of methoxy groups -OCH3 is 1. The summed E-state index contributed by atoms with van der Waals surface area (Å²) in [5.41, 5.74) is 0. The van der Waals surface area contributed by atoms with E-state index < -0.39 is 0 Å². The Labute approximate surface area is 143 Å². The van der Waals surface area contributed by atoms with E-state index in [0.29, 0.717) is 0 Å². The van der Waals surface area contributed by atoms with Gasteiger partial charge < -0.3 is 4.74 Å². The molecule has 0 rings (SSSR count). The zero-order chi connectivity index (χ0) is 17.0.